The van der Waals surface area contributed by atoms with E-state index in [-0.39, 0.29) is 5.91 Å². The van der Waals surface area contributed by atoms with E-state index in [4.69, 9.17) is 0 Å². The molecule has 0 radical (unpaired) electrons. The summed E-state index contributed by atoms with van der Waals surface area (Å²) in [5, 5.41) is 2.82. The van der Waals surface area contributed by atoms with Crippen LogP contribution in [0.5, 0.6) is 0 Å². The zero-order valence-electron chi connectivity index (χ0n) is 10.4. The first-order chi connectivity index (χ1) is 8.75. The highest BCUT2D eigenvalue weighted by Gasteiger charge is 2.10. The molecule has 1 aliphatic heterocycles. The predicted molar refractivity (Wildman–Crippen MR) is 66.8 cm³/mol. The molecule has 1 N–H and O–H groups in total. The van der Waals surface area contributed by atoms with Crippen molar-refractivity contribution in [3.63, 3.8) is 0 Å². The Labute approximate surface area is 106 Å². The van der Waals surface area contributed by atoms with E-state index in [1.807, 2.05) is 0 Å². The molecule has 1 saturated heterocycles. The number of hydrogen-bond acceptors (Lipinski definition) is 3. The van der Waals surface area contributed by atoms with Crippen LogP contribution in [0.1, 0.15) is 29.6 Å². The second-order valence-electron chi connectivity index (χ2n) is 4.53. The van der Waals surface area contributed by atoms with E-state index < -0.39 is 5.95 Å². The third-order valence-electron chi connectivity index (χ3n) is 3.15. The Balaban J connectivity index is 1.72. The zero-order chi connectivity index (χ0) is 12.8. The Kier molecular flexibility index (Phi) is 4.64. The van der Waals surface area contributed by atoms with Gasteiger partial charge in [-0.3, -0.25) is 4.79 Å². The number of pyridine rings is 1. The van der Waals surface area contributed by atoms with Crippen molar-refractivity contribution >= 4 is 5.91 Å². The van der Waals surface area contributed by atoms with Gasteiger partial charge in [0.1, 0.15) is 0 Å². The molecule has 5 heteroatoms. The second kappa shape index (κ2) is 6.44. The lowest BCUT2D eigenvalue weighted by Gasteiger charge is -2.26. The monoisotopic (exact) mass is 251 g/mol. The fraction of sp³-hybridized carbons (Fsp3) is 0.538. The molecule has 2 rings (SSSR count). The fourth-order valence-electron chi connectivity index (χ4n) is 2.12. The van der Waals surface area contributed by atoms with E-state index in [1.54, 1.807) is 0 Å². The van der Waals surface area contributed by atoms with Crippen LogP contribution in [0.4, 0.5) is 4.39 Å². The van der Waals surface area contributed by atoms with Crippen molar-refractivity contribution in [3.05, 3.63) is 29.8 Å². The molecule has 0 bridgehead atoms. The van der Waals surface area contributed by atoms with Crippen molar-refractivity contribution in [1.29, 1.82) is 0 Å². The van der Waals surface area contributed by atoms with Gasteiger partial charge in [0.05, 0.1) is 5.56 Å². The smallest absolute Gasteiger partial charge is 0.252 e. The van der Waals surface area contributed by atoms with Crippen LogP contribution in [-0.4, -0.2) is 42.0 Å². The molecule has 18 heavy (non-hydrogen) atoms. The highest BCUT2D eigenvalue weighted by Crippen LogP contribution is 2.07. The average molecular weight is 251 g/mol. The Morgan fingerprint density at radius 2 is 2.11 bits per heavy atom. The standard InChI is InChI=1S/C13H18FN3O/c14-12-5-4-11(10-16-12)13(18)15-6-9-17-7-2-1-3-8-17/h4-5,10H,1-3,6-9H2,(H,15,18). The van der Waals surface area contributed by atoms with Gasteiger partial charge in [-0.25, -0.2) is 4.98 Å². The topological polar surface area (TPSA) is 45.2 Å². The molecule has 4 nitrogen and oxygen atoms in total. The van der Waals surface area contributed by atoms with Crippen molar-refractivity contribution in [2.75, 3.05) is 26.2 Å². The summed E-state index contributed by atoms with van der Waals surface area (Å²) in [6, 6.07) is 2.64. The lowest BCUT2D eigenvalue weighted by molar-refractivity contribution is 0.0946. The van der Waals surface area contributed by atoms with Gasteiger partial charge in [-0.15, -0.1) is 0 Å². The van der Waals surface area contributed by atoms with Gasteiger partial charge in [-0.1, -0.05) is 6.42 Å². The Morgan fingerprint density at radius 3 is 2.78 bits per heavy atom. The van der Waals surface area contributed by atoms with Gasteiger partial charge >= 0.3 is 0 Å². The van der Waals surface area contributed by atoms with Crippen LogP contribution in [0.3, 0.4) is 0 Å². The average Bonchev–Trinajstić information content (AvgIpc) is 2.40. The summed E-state index contributed by atoms with van der Waals surface area (Å²) < 4.78 is 12.6. The summed E-state index contributed by atoms with van der Waals surface area (Å²) in [6.45, 7) is 3.73. The van der Waals surface area contributed by atoms with Crippen molar-refractivity contribution in [1.82, 2.24) is 15.2 Å². The van der Waals surface area contributed by atoms with Crippen LogP contribution in [0.25, 0.3) is 0 Å². The Hall–Kier alpha value is -1.49. The third kappa shape index (κ3) is 3.77. The summed E-state index contributed by atoms with van der Waals surface area (Å²) in [6.07, 6.45) is 5.06. The Bertz CT molecular complexity index is 388. The summed E-state index contributed by atoms with van der Waals surface area (Å²) >= 11 is 0. The SMILES string of the molecule is O=C(NCCN1CCCCC1)c1ccc(F)nc1. The molecular formula is C13H18FN3O. The number of halogens is 1. The quantitative estimate of drug-likeness (QED) is 0.824. The molecular weight excluding hydrogens is 233 g/mol. The molecule has 0 spiro atoms. The lowest BCUT2D eigenvalue weighted by Crippen LogP contribution is -2.37. The van der Waals surface area contributed by atoms with Crippen LogP contribution in [0, 0.1) is 5.95 Å². The second-order valence-corrected chi connectivity index (χ2v) is 4.53. The first kappa shape index (κ1) is 13.0. The van der Waals surface area contributed by atoms with Gasteiger partial charge in [0.15, 0.2) is 0 Å². The number of aromatic nitrogens is 1. The number of nitrogens with zero attached hydrogens (tertiary/aromatic N) is 2. The van der Waals surface area contributed by atoms with Gasteiger partial charge in [0.25, 0.3) is 5.91 Å². The number of piperidine rings is 1. The maximum absolute atomic E-state index is 12.6. The van der Waals surface area contributed by atoms with Crippen molar-refractivity contribution in [3.8, 4) is 0 Å². The van der Waals surface area contributed by atoms with Crippen molar-refractivity contribution in [2.45, 2.75) is 19.3 Å². The number of carbonyl (C=O) groups excluding carboxylic acids is 1. The third-order valence-corrected chi connectivity index (χ3v) is 3.15. The van der Waals surface area contributed by atoms with Crippen LogP contribution in [0.2, 0.25) is 0 Å². The number of nitrogens with one attached hydrogen (secondary N) is 1. The van der Waals surface area contributed by atoms with E-state index in [2.05, 4.69) is 15.2 Å². The molecule has 0 atom stereocenters. The normalized spacial score (nSPS) is 16.5. The number of rotatable bonds is 4. The molecule has 0 saturated carbocycles. The van der Waals surface area contributed by atoms with E-state index in [1.165, 1.54) is 37.6 Å². The van der Waals surface area contributed by atoms with Gasteiger partial charge in [-0.2, -0.15) is 4.39 Å². The van der Waals surface area contributed by atoms with Gasteiger partial charge < -0.3 is 10.2 Å². The first-order valence-electron chi connectivity index (χ1n) is 6.38. The molecule has 1 aromatic rings. The summed E-state index contributed by atoms with van der Waals surface area (Å²) in [4.78, 5) is 17.5. The minimum atomic E-state index is -0.570. The number of carbonyl (C=O) groups is 1. The molecule has 1 fully saturated rings. The van der Waals surface area contributed by atoms with E-state index in [9.17, 15) is 9.18 Å². The highest BCUT2D eigenvalue weighted by atomic mass is 19.1. The molecule has 0 unspecified atom stereocenters. The number of likely N-dealkylation sites (tertiary alicyclic amines) is 1. The van der Waals surface area contributed by atoms with Crippen LogP contribution in [-0.2, 0) is 0 Å². The largest absolute Gasteiger partial charge is 0.351 e. The zero-order valence-corrected chi connectivity index (χ0v) is 10.4. The fourth-order valence-corrected chi connectivity index (χ4v) is 2.12. The van der Waals surface area contributed by atoms with Crippen molar-refractivity contribution in [2.24, 2.45) is 0 Å². The number of hydrogen-bond donors (Lipinski definition) is 1. The molecule has 0 aliphatic carbocycles. The molecule has 1 aliphatic rings. The minimum Gasteiger partial charge on any atom is -0.351 e. The molecule has 98 valence electrons. The number of amides is 1. The van der Waals surface area contributed by atoms with E-state index in [0.29, 0.717) is 12.1 Å². The summed E-state index contributed by atoms with van der Waals surface area (Å²) in [5.74, 6) is -0.764. The lowest BCUT2D eigenvalue weighted by atomic mass is 10.1. The summed E-state index contributed by atoms with van der Waals surface area (Å²) in [7, 11) is 0. The first-order valence-corrected chi connectivity index (χ1v) is 6.38. The maximum Gasteiger partial charge on any atom is 0.252 e. The minimum absolute atomic E-state index is 0.195. The van der Waals surface area contributed by atoms with Gasteiger partial charge in [0, 0.05) is 19.3 Å². The molecule has 1 aromatic heterocycles. The van der Waals surface area contributed by atoms with Crippen molar-refractivity contribution < 1.29 is 9.18 Å². The van der Waals surface area contributed by atoms with E-state index in [0.717, 1.165) is 19.6 Å². The Morgan fingerprint density at radius 1 is 1.33 bits per heavy atom. The van der Waals surface area contributed by atoms with E-state index >= 15 is 0 Å². The van der Waals surface area contributed by atoms with Crippen LogP contribution in [0.15, 0.2) is 18.3 Å². The molecule has 2 heterocycles. The maximum atomic E-state index is 12.6. The molecule has 1 amide bonds. The molecule has 0 aromatic carbocycles. The summed E-state index contributed by atoms with van der Waals surface area (Å²) in [5.41, 5.74) is 0.398. The van der Waals surface area contributed by atoms with Gasteiger partial charge in [-0.05, 0) is 38.1 Å². The van der Waals surface area contributed by atoms with Crippen LogP contribution >= 0.6 is 0 Å². The van der Waals surface area contributed by atoms with Gasteiger partial charge in [0.2, 0.25) is 5.95 Å². The highest BCUT2D eigenvalue weighted by molar-refractivity contribution is 5.93. The van der Waals surface area contributed by atoms with Crippen LogP contribution < -0.4 is 5.32 Å². The predicted octanol–water partition coefficient (Wildman–Crippen LogP) is 1.44.